The van der Waals surface area contributed by atoms with Gasteiger partial charge in [-0.15, -0.1) is 0 Å². The van der Waals surface area contributed by atoms with Crippen molar-refractivity contribution in [1.82, 2.24) is 4.90 Å². The highest BCUT2D eigenvalue weighted by Crippen LogP contribution is 2.24. The highest BCUT2D eigenvalue weighted by atomic mass is 16.4. The van der Waals surface area contributed by atoms with Crippen LogP contribution in [-0.2, 0) is 6.54 Å². The van der Waals surface area contributed by atoms with Crippen LogP contribution in [0.4, 0.5) is 10.5 Å². The van der Waals surface area contributed by atoms with Crippen LogP contribution in [0.3, 0.4) is 0 Å². The number of anilines is 1. The van der Waals surface area contributed by atoms with Crippen LogP contribution in [0.15, 0.2) is 60.7 Å². The predicted octanol–water partition coefficient (Wildman–Crippen LogP) is 4.07. The number of carboxylic acid groups (broad SMARTS) is 1. The zero-order valence-corrected chi connectivity index (χ0v) is 12.9. The SMILES string of the molecule is O=C(O)N1CC=C(c2ccc(NCc3ccccc3)cc2)CC1. The van der Waals surface area contributed by atoms with E-state index in [0.29, 0.717) is 13.1 Å². The van der Waals surface area contributed by atoms with E-state index in [4.69, 9.17) is 5.11 Å². The maximum absolute atomic E-state index is 10.9. The third-order valence-electron chi connectivity index (χ3n) is 4.07. The number of carbonyl (C=O) groups is 1. The fourth-order valence-electron chi connectivity index (χ4n) is 2.71. The molecule has 1 amide bonds. The first-order valence-electron chi connectivity index (χ1n) is 7.77. The Morgan fingerprint density at radius 1 is 1.09 bits per heavy atom. The van der Waals surface area contributed by atoms with Crippen LogP contribution in [0.5, 0.6) is 0 Å². The van der Waals surface area contributed by atoms with Gasteiger partial charge in [-0.2, -0.15) is 0 Å². The maximum Gasteiger partial charge on any atom is 0.407 e. The van der Waals surface area contributed by atoms with Crippen LogP contribution in [0.2, 0.25) is 0 Å². The topological polar surface area (TPSA) is 52.6 Å². The van der Waals surface area contributed by atoms with E-state index >= 15 is 0 Å². The molecule has 0 saturated carbocycles. The van der Waals surface area contributed by atoms with E-state index in [1.54, 1.807) is 0 Å². The second-order valence-electron chi connectivity index (χ2n) is 5.62. The highest BCUT2D eigenvalue weighted by molar-refractivity contribution is 5.72. The quantitative estimate of drug-likeness (QED) is 0.895. The molecule has 0 aliphatic carbocycles. The van der Waals surface area contributed by atoms with Crippen LogP contribution in [0.1, 0.15) is 17.5 Å². The lowest BCUT2D eigenvalue weighted by Crippen LogP contribution is -2.33. The molecule has 0 aromatic heterocycles. The molecular weight excluding hydrogens is 288 g/mol. The van der Waals surface area contributed by atoms with E-state index < -0.39 is 6.09 Å². The van der Waals surface area contributed by atoms with Crippen molar-refractivity contribution in [3.05, 3.63) is 71.8 Å². The van der Waals surface area contributed by atoms with Gasteiger partial charge in [-0.1, -0.05) is 48.5 Å². The Hall–Kier alpha value is -2.75. The highest BCUT2D eigenvalue weighted by Gasteiger charge is 2.16. The smallest absolute Gasteiger partial charge is 0.407 e. The molecule has 1 aliphatic heterocycles. The third-order valence-corrected chi connectivity index (χ3v) is 4.07. The molecule has 0 saturated heterocycles. The molecule has 0 spiro atoms. The van der Waals surface area contributed by atoms with Gasteiger partial charge in [0.05, 0.1) is 0 Å². The summed E-state index contributed by atoms with van der Waals surface area (Å²) in [5.41, 5.74) is 4.72. The molecule has 4 nitrogen and oxygen atoms in total. The van der Waals surface area contributed by atoms with Crippen LogP contribution in [0.25, 0.3) is 5.57 Å². The van der Waals surface area contributed by atoms with E-state index in [1.807, 2.05) is 24.3 Å². The van der Waals surface area contributed by atoms with Gasteiger partial charge in [0.2, 0.25) is 0 Å². The molecule has 1 heterocycles. The van der Waals surface area contributed by atoms with Gasteiger partial charge in [0.25, 0.3) is 0 Å². The number of nitrogens with one attached hydrogen (secondary N) is 1. The van der Waals surface area contributed by atoms with Gasteiger partial charge in [0, 0.05) is 25.3 Å². The molecule has 1 aliphatic rings. The Kier molecular flexibility index (Phi) is 4.62. The Morgan fingerprint density at radius 3 is 2.43 bits per heavy atom. The van der Waals surface area contributed by atoms with Crippen molar-refractivity contribution < 1.29 is 9.90 Å². The number of hydrogen-bond acceptors (Lipinski definition) is 2. The van der Waals surface area contributed by atoms with E-state index in [1.165, 1.54) is 21.6 Å². The molecule has 0 unspecified atom stereocenters. The Morgan fingerprint density at radius 2 is 1.83 bits per heavy atom. The minimum Gasteiger partial charge on any atom is -0.465 e. The first-order valence-corrected chi connectivity index (χ1v) is 7.77. The normalized spacial score (nSPS) is 14.3. The lowest BCUT2D eigenvalue weighted by Gasteiger charge is -2.23. The average molecular weight is 308 g/mol. The molecule has 2 N–H and O–H groups in total. The van der Waals surface area contributed by atoms with Gasteiger partial charge in [-0.25, -0.2) is 4.79 Å². The standard InChI is InChI=1S/C19H20N2O2/c22-19(23)21-12-10-17(11-13-21)16-6-8-18(9-7-16)20-14-15-4-2-1-3-5-15/h1-10,20H,11-14H2,(H,22,23). The molecule has 2 aromatic rings. The van der Waals surface area contributed by atoms with Crippen LogP contribution in [0, 0.1) is 0 Å². The molecule has 118 valence electrons. The van der Waals surface area contributed by atoms with Crippen LogP contribution in [-0.4, -0.2) is 29.2 Å². The summed E-state index contributed by atoms with van der Waals surface area (Å²) in [7, 11) is 0. The van der Waals surface area contributed by atoms with E-state index in [-0.39, 0.29) is 0 Å². The number of hydrogen-bond donors (Lipinski definition) is 2. The summed E-state index contributed by atoms with van der Waals surface area (Å²) in [6.45, 7) is 1.84. The monoisotopic (exact) mass is 308 g/mol. The molecule has 0 atom stereocenters. The van der Waals surface area contributed by atoms with Crippen molar-refractivity contribution in [1.29, 1.82) is 0 Å². The number of nitrogens with zero attached hydrogens (tertiary/aromatic N) is 1. The zero-order chi connectivity index (χ0) is 16.1. The van der Waals surface area contributed by atoms with Gasteiger partial charge in [0.1, 0.15) is 0 Å². The molecule has 0 radical (unpaired) electrons. The van der Waals surface area contributed by atoms with E-state index in [9.17, 15) is 4.79 Å². The summed E-state index contributed by atoms with van der Waals surface area (Å²) in [5, 5.41) is 12.4. The predicted molar refractivity (Wildman–Crippen MR) is 92.4 cm³/mol. The summed E-state index contributed by atoms with van der Waals surface area (Å²) < 4.78 is 0. The van der Waals surface area contributed by atoms with Crippen molar-refractivity contribution >= 4 is 17.4 Å². The Bertz CT molecular complexity index is 693. The molecule has 4 heteroatoms. The zero-order valence-electron chi connectivity index (χ0n) is 12.9. The van der Waals surface area contributed by atoms with E-state index in [2.05, 4.69) is 41.7 Å². The van der Waals surface area contributed by atoms with Gasteiger partial charge < -0.3 is 15.3 Å². The van der Waals surface area contributed by atoms with Crippen molar-refractivity contribution in [2.24, 2.45) is 0 Å². The summed E-state index contributed by atoms with van der Waals surface area (Å²) in [5.74, 6) is 0. The molecule has 2 aromatic carbocycles. The molecule has 0 fully saturated rings. The lowest BCUT2D eigenvalue weighted by atomic mass is 9.99. The summed E-state index contributed by atoms with van der Waals surface area (Å²) in [6.07, 6.45) is 1.92. The Labute approximate surface area is 136 Å². The van der Waals surface area contributed by atoms with E-state index in [0.717, 1.165) is 18.7 Å². The number of amides is 1. The summed E-state index contributed by atoms with van der Waals surface area (Å²) >= 11 is 0. The van der Waals surface area contributed by atoms with Crippen molar-refractivity contribution in [3.8, 4) is 0 Å². The minimum atomic E-state index is -0.847. The first-order chi connectivity index (χ1) is 11.2. The molecular formula is C19H20N2O2. The molecule has 3 rings (SSSR count). The summed E-state index contributed by atoms with van der Waals surface area (Å²) in [4.78, 5) is 12.3. The van der Waals surface area contributed by atoms with Gasteiger partial charge in [-0.3, -0.25) is 0 Å². The van der Waals surface area contributed by atoms with Crippen molar-refractivity contribution in [3.63, 3.8) is 0 Å². The van der Waals surface area contributed by atoms with Gasteiger partial charge in [0.15, 0.2) is 0 Å². The lowest BCUT2D eigenvalue weighted by molar-refractivity contribution is 0.150. The third kappa shape index (κ3) is 3.92. The van der Waals surface area contributed by atoms with Crippen LogP contribution < -0.4 is 5.32 Å². The number of benzene rings is 2. The van der Waals surface area contributed by atoms with Crippen molar-refractivity contribution in [2.75, 3.05) is 18.4 Å². The Balaban J connectivity index is 1.60. The van der Waals surface area contributed by atoms with Crippen molar-refractivity contribution in [2.45, 2.75) is 13.0 Å². The average Bonchev–Trinajstić information content (AvgIpc) is 2.61. The first kappa shape index (κ1) is 15.2. The molecule has 0 bridgehead atoms. The molecule has 23 heavy (non-hydrogen) atoms. The van der Waals surface area contributed by atoms with Gasteiger partial charge in [-0.05, 0) is 35.3 Å². The van der Waals surface area contributed by atoms with Crippen LogP contribution >= 0.6 is 0 Å². The maximum atomic E-state index is 10.9. The largest absolute Gasteiger partial charge is 0.465 e. The number of rotatable bonds is 4. The summed E-state index contributed by atoms with van der Waals surface area (Å²) in [6, 6.07) is 18.6. The van der Waals surface area contributed by atoms with Gasteiger partial charge >= 0.3 is 6.09 Å². The second-order valence-corrected chi connectivity index (χ2v) is 5.62. The second kappa shape index (κ2) is 7.01. The minimum absolute atomic E-state index is 0.471. The fourth-order valence-corrected chi connectivity index (χ4v) is 2.71. The fraction of sp³-hybridized carbons (Fsp3) is 0.211.